The number of aromatic nitrogens is 1. The first-order valence-electron chi connectivity index (χ1n) is 6.99. The van der Waals surface area contributed by atoms with E-state index < -0.39 is 0 Å². The molecule has 0 bridgehead atoms. The molecule has 0 amide bonds. The van der Waals surface area contributed by atoms with Gasteiger partial charge in [0.05, 0.1) is 18.4 Å². The molecule has 1 aliphatic heterocycles. The van der Waals surface area contributed by atoms with Crippen molar-refractivity contribution >= 4 is 11.6 Å². The van der Waals surface area contributed by atoms with E-state index in [0.29, 0.717) is 24.1 Å². The third-order valence-electron chi connectivity index (χ3n) is 3.51. The molecule has 0 aliphatic carbocycles. The topological polar surface area (TPSA) is 64.5 Å². The first kappa shape index (κ1) is 14.5. The SMILES string of the molecule is NCC1CN(Cc2coc(-c3ccc(Cl)cc3)n2)CCO1. The van der Waals surface area contributed by atoms with Crippen LogP contribution in [0.5, 0.6) is 0 Å². The molecular formula is C15H18ClN3O2. The van der Waals surface area contributed by atoms with Crippen molar-refractivity contribution in [3.63, 3.8) is 0 Å². The molecule has 2 heterocycles. The second-order valence-electron chi connectivity index (χ2n) is 5.11. The Morgan fingerprint density at radius 2 is 2.14 bits per heavy atom. The number of halogens is 1. The molecule has 1 aromatic heterocycles. The lowest BCUT2D eigenvalue weighted by Gasteiger charge is -2.31. The Morgan fingerprint density at radius 1 is 1.33 bits per heavy atom. The van der Waals surface area contributed by atoms with Gasteiger partial charge in [-0.25, -0.2) is 4.98 Å². The van der Waals surface area contributed by atoms with Crippen molar-refractivity contribution in [1.82, 2.24) is 9.88 Å². The van der Waals surface area contributed by atoms with Gasteiger partial charge in [0.2, 0.25) is 5.89 Å². The van der Waals surface area contributed by atoms with Gasteiger partial charge >= 0.3 is 0 Å². The highest BCUT2D eigenvalue weighted by Gasteiger charge is 2.20. The molecule has 5 nitrogen and oxygen atoms in total. The number of morpholine rings is 1. The van der Waals surface area contributed by atoms with Crippen LogP contribution in [0.25, 0.3) is 11.5 Å². The van der Waals surface area contributed by atoms with Crippen molar-refractivity contribution in [2.24, 2.45) is 5.73 Å². The number of hydrogen-bond acceptors (Lipinski definition) is 5. The van der Waals surface area contributed by atoms with E-state index in [1.165, 1.54) is 0 Å². The molecule has 2 N–H and O–H groups in total. The molecule has 6 heteroatoms. The summed E-state index contributed by atoms with van der Waals surface area (Å²) in [6.07, 6.45) is 1.82. The van der Waals surface area contributed by atoms with Crippen molar-refractivity contribution in [1.29, 1.82) is 0 Å². The van der Waals surface area contributed by atoms with Crippen LogP contribution >= 0.6 is 11.6 Å². The van der Waals surface area contributed by atoms with Gasteiger partial charge in [-0.05, 0) is 24.3 Å². The molecule has 1 saturated heterocycles. The fourth-order valence-corrected chi connectivity index (χ4v) is 2.53. The average molecular weight is 308 g/mol. The van der Waals surface area contributed by atoms with Crippen LogP contribution in [0.2, 0.25) is 5.02 Å². The summed E-state index contributed by atoms with van der Waals surface area (Å²) < 4.78 is 11.1. The highest BCUT2D eigenvalue weighted by Crippen LogP contribution is 2.21. The maximum absolute atomic E-state index is 5.88. The summed E-state index contributed by atoms with van der Waals surface area (Å²) >= 11 is 5.88. The summed E-state index contributed by atoms with van der Waals surface area (Å²) in [5.41, 5.74) is 7.49. The molecule has 1 aliphatic rings. The van der Waals surface area contributed by atoms with Crippen LogP contribution in [-0.2, 0) is 11.3 Å². The van der Waals surface area contributed by atoms with E-state index in [0.717, 1.165) is 30.9 Å². The zero-order chi connectivity index (χ0) is 14.7. The van der Waals surface area contributed by atoms with E-state index in [1.807, 2.05) is 24.3 Å². The fourth-order valence-electron chi connectivity index (χ4n) is 2.40. The van der Waals surface area contributed by atoms with Crippen LogP contribution in [0.4, 0.5) is 0 Å². The van der Waals surface area contributed by atoms with Crippen molar-refractivity contribution in [3.05, 3.63) is 41.2 Å². The molecule has 0 saturated carbocycles. The van der Waals surface area contributed by atoms with Gasteiger partial charge in [-0.2, -0.15) is 0 Å². The van der Waals surface area contributed by atoms with Crippen LogP contribution in [-0.4, -0.2) is 42.2 Å². The van der Waals surface area contributed by atoms with Gasteiger partial charge in [0.1, 0.15) is 6.26 Å². The van der Waals surface area contributed by atoms with E-state index in [1.54, 1.807) is 6.26 Å². The van der Waals surface area contributed by atoms with Gasteiger partial charge in [0.15, 0.2) is 0 Å². The van der Waals surface area contributed by atoms with Gasteiger partial charge in [0, 0.05) is 36.8 Å². The van der Waals surface area contributed by atoms with E-state index >= 15 is 0 Å². The minimum absolute atomic E-state index is 0.112. The molecule has 1 fully saturated rings. The van der Waals surface area contributed by atoms with Gasteiger partial charge in [-0.1, -0.05) is 11.6 Å². The molecule has 1 aromatic carbocycles. The first-order valence-corrected chi connectivity index (χ1v) is 7.37. The Balaban J connectivity index is 1.66. The van der Waals surface area contributed by atoms with Crippen molar-refractivity contribution < 1.29 is 9.15 Å². The van der Waals surface area contributed by atoms with Crippen molar-refractivity contribution in [3.8, 4) is 11.5 Å². The van der Waals surface area contributed by atoms with E-state index in [-0.39, 0.29) is 6.10 Å². The summed E-state index contributed by atoms with van der Waals surface area (Å²) in [4.78, 5) is 6.81. The standard InChI is InChI=1S/C15H18ClN3O2/c16-12-3-1-11(2-4-12)15-18-13(10-21-15)8-19-5-6-20-14(7-17)9-19/h1-4,10,14H,5-9,17H2. The quantitative estimate of drug-likeness (QED) is 0.937. The van der Waals surface area contributed by atoms with E-state index in [4.69, 9.17) is 26.5 Å². The molecule has 3 rings (SSSR count). The zero-order valence-electron chi connectivity index (χ0n) is 11.7. The minimum Gasteiger partial charge on any atom is -0.444 e. The van der Waals surface area contributed by atoms with E-state index in [2.05, 4.69) is 9.88 Å². The number of oxazole rings is 1. The van der Waals surface area contributed by atoms with Crippen LogP contribution < -0.4 is 5.73 Å². The number of ether oxygens (including phenoxy) is 1. The van der Waals surface area contributed by atoms with Crippen molar-refractivity contribution in [2.45, 2.75) is 12.6 Å². The molecule has 0 radical (unpaired) electrons. The smallest absolute Gasteiger partial charge is 0.226 e. The van der Waals surface area contributed by atoms with Crippen LogP contribution in [0.15, 0.2) is 34.9 Å². The third-order valence-corrected chi connectivity index (χ3v) is 3.77. The molecule has 0 spiro atoms. The maximum Gasteiger partial charge on any atom is 0.226 e. The second-order valence-corrected chi connectivity index (χ2v) is 5.55. The molecule has 21 heavy (non-hydrogen) atoms. The largest absolute Gasteiger partial charge is 0.444 e. The monoisotopic (exact) mass is 307 g/mol. The molecule has 112 valence electrons. The lowest BCUT2D eigenvalue weighted by molar-refractivity contribution is -0.0264. The summed E-state index contributed by atoms with van der Waals surface area (Å²) in [5.74, 6) is 0.616. The van der Waals surface area contributed by atoms with Crippen molar-refractivity contribution in [2.75, 3.05) is 26.2 Å². The fraction of sp³-hybridized carbons (Fsp3) is 0.400. The highest BCUT2D eigenvalue weighted by atomic mass is 35.5. The number of nitrogens with two attached hydrogens (primary N) is 1. The first-order chi connectivity index (χ1) is 10.2. The molecule has 1 atom stereocenters. The second kappa shape index (κ2) is 6.58. The van der Waals surface area contributed by atoms with Gasteiger partial charge in [0.25, 0.3) is 0 Å². The third kappa shape index (κ3) is 3.63. The molecule has 2 aromatic rings. The number of nitrogens with zero attached hydrogens (tertiary/aromatic N) is 2. The van der Waals surface area contributed by atoms with Gasteiger partial charge < -0.3 is 14.9 Å². The Bertz CT molecular complexity index is 585. The average Bonchev–Trinajstić information content (AvgIpc) is 2.96. The summed E-state index contributed by atoms with van der Waals surface area (Å²) in [7, 11) is 0. The summed E-state index contributed by atoms with van der Waals surface area (Å²) in [5, 5.41) is 0.701. The minimum atomic E-state index is 0.112. The maximum atomic E-state index is 5.88. The lowest BCUT2D eigenvalue weighted by atomic mass is 10.2. The zero-order valence-corrected chi connectivity index (χ0v) is 12.4. The Labute approximate surface area is 128 Å². The van der Waals surface area contributed by atoms with Crippen LogP contribution in [0, 0.1) is 0 Å². The van der Waals surface area contributed by atoms with Crippen LogP contribution in [0.3, 0.4) is 0 Å². The molecular weight excluding hydrogens is 290 g/mol. The Hall–Kier alpha value is -1.40. The van der Waals surface area contributed by atoms with E-state index in [9.17, 15) is 0 Å². The highest BCUT2D eigenvalue weighted by molar-refractivity contribution is 6.30. The predicted octanol–water partition coefficient (Wildman–Crippen LogP) is 2.15. The lowest BCUT2D eigenvalue weighted by Crippen LogP contribution is -2.45. The summed E-state index contributed by atoms with van der Waals surface area (Å²) in [6.45, 7) is 3.73. The number of rotatable bonds is 4. The van der Waals surface area contributed by atoms with Gasteiger partial charge in [-0.3, -0.25) is 4.90 Å². The summed E-state index contributed by atoms with van der Waals surface area (Å²) in [6, 6.07) is 7.46. The Morgan fingerprint density at radius 3 is 2.90 bits per heavy atom. The predicted molar refractivity (Wildman–Crippen MR) is 81.0 cm³/mol. The number of benzene rings is 1. The number of hydrogen-bond donors (Lipinski definition) is 1. The normalized spacial score (nSPS) is 19.8. The van der Waals surface area contributed by atoms with Crippen LogP contribution in [0.1, 0.15) is 5.69 Å². The Kier molecular flexibility index (Phi) is 4.55. The molecule has 1 unspecified atom stereocenters. The van der Waals surface area contributed by atoms with Gasteiger partial charge in [-0.15, -0.1) is 0 Å².